The minimum Gasteiger partial charge on any atom is -0.241 e. The standard InChI is InChI=1S/C11H8Br2N2/c12-9-3-1-8(2-4-9)5-10-6-11(13)15-7-14-10/h1-4,6-7H,5H2. The summed E-state index contributed by atoms with van der Waals surface area (Å²) in [6, 6.07) is 10.2. The molecule has 1 aromatic heterocycles. The first kappa shape index (κ1) is 10.8. The molecule has 0 fully saturated rings. The third kappa shape index (κ3) is 3.11. The third-order valence-corrected chi connectivity index (χ3v) is 2.95. The van der Waals surface area contributed by atoms with Crippen LogP contribution in [0.3, 0.4) is 0 Å². The molecular weight excluding hydrogens is 320 g/mol. The maximum atomic E-state index is 4.20. The number of nitrogens with zero attached hydrogens (tertiary/aromatic N) is 2. The van der Waals surface area contributed by atoms with Crippen LogP contribution in [0.1, 0.15) is 11.3 Å². The summed E-state index contributed by atoms with van der Waals surface area (Å²) in [5.41, 5.74) is 2.25. The molecule has 0 radical (unpaired) electrons. The van der Waals surface area contributed by atoms with E-state index in [0.717, 1.165) is 21.2 Å². The maximum absolute atomic E-state index is 4.20. The molecule has 0 spiro atoms. The Morgan fingerprint density at radius 1 is 1.00 bits per heavy atom. The fraction of sp³-hybridized carbons (Fsp3) is 0.0909. The van der Waals surface area contributed by atoms with Gasteiger partial charge in [-0.05, 0) is 39.7 Å². The quantitative estimate of drug-likeness (QED) is 0.788. The predicted molar refractivity (Wildman–Crippen MR) is 66.7 cm³/mol. The molecular formula is C11H8Br2N2. The molecule has 0 saturated carbocycles. The second-order valence-electron chi connectivity index (χ2n) is 3.14. The Kier molecular flexibility index (Phi) is 3.49. The van der Waals surface area contributed by atoms with Crippen molar-refractivity contribution < 1.29 is 0 Å². The van der Waals surface area contributed by atoms with Crippen LogP contribution in [0, 0.1) is 0 Å². The predicted octanol–water partition coefficient (Wildman–Crippen LogP) is 3.59. The molecule has 0 bridgehead atoms. The van der Waals surface area contributed by atoms with E-state index in [1.165, 1.54) is 5.56 Å². The van der Waals surface area contributed by atoms with Gasteiger partial charge in [0.05, 0.1) is 0 Å². The zero-order valence-electron chi connectivity index (χ0n) is 7.82. The summed E-state index contributed by atoms with van der Waals surface area (Å²) in [7, 11) is 0. The molecule has 1 heterocycles. The normalized spacial score (nSPS) is 10.3. The number of aromatic nitrogens is 2. The molecule has 0 atom stereocenters. The van der Waals surface area contributed by atoms with Crippen LogP contribution < -0.4 is 0 Å². The first-order valence-electron chi connectivity index (χ1n) is 4.45. The first-order valence-corrected chi connectivity index (χ1v) is 6.03. The van der Waals surface area contributed by atoms with Crippen LogP contribution in [0.4, 0.5) is 0 Å². The molecule has 0 amide bonds. The molecule has 2 nitrogen and oxygen atoms in total. The average Bonchev–Trinajstić information content (AvgIpc) is 2.22. The molecule has 4 heteroatoms. The van der Waals surface area contributed by atoms with Crippen molar-refractivity contribution in [1.82, 2.24) is 9.97 Å². The van der Waals surface area contributed by atoms with Gasteiger partial charge < -0.3 is 0 Å². The monoisotopic (exact) mass is 326 g/mol. The lowest BCUT2D eigenvalue weighted by Crippen LogP contribution is -1.92. The van der Waals surface area contributed by atoms with Crippen molar-refractivity contribution in [3.05, 3.63) is 57.0 Å². The Labute approximate surface area is 105 Å². The van der Waals surface area contributed by atoms with Crippen LogP contribution in [0.25, 0.3) is 0 Å². The summed E-state index contributed by atoms with van der Waals surface area (Å²) < 4.78 is 1.92. The minimum atomic E-state index is 0.824. The number of hydrogen-bond acceptors (Lipinski definition) is 2. The van der Waals surface area contributed by atoms with Gasteiger partial charge in [-0.25, -0.2) is 9.97 Å². The van der Waals surface area contributed by atoms with E-state index in [1.807, 2.05) is 18.2 Å². The summed E-state index contributed by atoms with van der Waals surface area (Å²) in [4.78, 5) is 8.20. The van der Waals surface area contributed by atoms with Crippen LogP contribution in [-0.4, -0.2) is 9.97 Å². The van der Waals surface area contributed by atoms with Crippen molar-refractivity contribution in [3.8, 4) is 0 Å². The van der Waals surface area contributed by atoms with Gasteiger partial charge in [0.15, 0.2) is 0 Å². The maximum Gasteiger partial charge on any atom is 0.116 e. The van der Waals surface area contributed by atoms with E-state index in [2.05, 4.69) is 54.0 Å². The summed E-state index contributed by atoms with van der Waals surface area (Å²) in [6.45, 7) is 0. The second-order valence-corrected chi connectivity index (χ2v) is 4.86. The number of benzene rings is 1. The van der Waals surface area contributed by atoms with Crippen molar-refractivity contribution in [2.24, 2.45) is 0 Å². The van der Waals surface area contributed by atoms with Crippen LogP contribution in [-0.2, 0) is 6.42 Å². The van der Waals surface area contributed by atoms with E-state index in [9.17, 15) is 0 Å². The van der Waals surface area contributed by atoms with E-state index < -0.39 is 0 Å². The molecule has 15 heavy (non-hydrogen) atoms. The van der Waals surface area contributed by atoms with E-state index in [1.54, 1.807) is 6.33 Å². The second kappa shape index (κ2) is 4.86. The van der Waals surface area contributed by atoms with Crippen LogP contribution in [0.2, 0.25) is 0 Å². The molecule has 0 unspecified atom stereocenters. The number of halogens is 2. The molecule has 0 aliphatic rings. The van der Waals surface area contributed by atoms with Gasteiger partial charge in [0.1, 0.15) is 10.9 Å². The highest BCUT2D eigenvalue weighted by Gasteiger charge is 1.98. The lowest BCUT2D eigenvalue weighted by molar-refractivity contribution is 1.01. The highest BCUT2D eigenvalue weighted by molar-refractivity contribution is 9.10. The van der Waals surface area contributed by atoms with Crippen LogP contribution >= 0.6 is 31.9 Å². The van der Waals surface area contributed by atoms with Crippen molar-refractivity contribution in [3.63, 3.8) is 0 Å². The van der Waals surface area contributed by atoms with E-state index in [4.69, 9.17) is 0 Å². The van der Waals surface area contributed by atoms with Gasteiger partial charge >= 0.3 is 0 Å². The largest absolute Gasteiger partial charge is 0.241 e. The average molecular weight is 328 g/mol. The smallest absolute Gasteiger partial charge is 0.116 e. The lowest BCUT2D eigenvalue weighted by atomic mass is 10.1. The Bertz CT molecular complexity index is 454. The summed E-state index contributed by atoms with van der Waals surface area (Å²) in [6.07, 6.45) is 2.40. The number of hydrogen-bond donors (Lipinski definition) is 0. The molecule has 76 valence electrons. The van der Waals surface area contributed by atoms with E-state index >= 15 is 0 Å². The molecule has 0 aliphatic carbocycles. The lowest BCUT2D eigenvalue weighted by Gasteiger charge is -2.01. The summed E-state index contributed by atoms with van der Waals surface area (Å²) in [5.74, 6) is 0. The summed E-state index contributed by atoms with van der Waals surface area (Å²) in [5, 5.41) is 0. The van der Waals surface area contributed by atoms with Crippen molar-refractivity contribution >= 4 is 31.9 Å². The fourth-order valence-electron chi connectivity index (χ4n) is 1.28. The third-order valence-electron chi connectivity index (χ3n) is 1.99. The van der Waals surface area contributed by atoms with Crippen LogP contribution in [0.15, 0.2) is 45.7 Å². The van der Waals surface area contributed by atoms with E-state index in [-0.39, 0.29) is 0 Å². The van der Waals surface area contributed by atoms with Crippen molar-refractivity contribution in [2.45, 2.75) is 6.42 Å². The van der Waals surface area contributed by atoms with Gasteiger partial charge in [-0.15, -0.1) is 0 Å². The molecule has 0 saturated heterocycles. The first-order chi connectivity index (χ1) is 7.24. The molecule has 0 aliphatic heterocycles. The minimum absolute atomic E-state index is 0.824. The molecule has 2 aromatic rings. The van der Waals surface area contributed by atoms with Gasteiger partial charge in [0, 0.05) is 16.6 Å². The highest BCUT2D eigenvalue weighted by atomic mass is 79.9. The Morgan fingerprint density at radius 2 is 1.73 bits per heavy atom. The van der Waals surface area contributed by atoms with Gasteiger partial charge in [-0.3, -0.25) is 0 Å². The van der Waals surface area contributed by atoms with Crippen molar-refractivity contribution in [2.75, 3.05) is 0 Å². The van der Waals surface area contributed by atoms with Gasteiger partial charge in [0.25, 0.3) is 0 Å². The fourth-order valence-corrected chi connectivity index (χ4v) is 1.90. The topological polar surface area (TPSA) is 25.8 Å². The highest BCUT2D eigenvalue weighted by Crippen LogP contribution is 2.14. The molecule has 2 rings (SSSR count). The zero-order chi connectivity index (χ0) is 10.7. The summed E-state index contributed by atoms with van der Waals surface area (Å²) >= 11 is 6.74. The van der Waals surface area contributed by atoms with Crippen LogP contribution in [0.5, 0.6) is 0 Å². The van der Waals surface area contributed by atoms with Gasteiger partial charge in [-0.1, -0.05) is 28.1 Å². The van der Waals surface area contributed by atoms with Gasteiger partial charge in [0.2, 0.25) is 0 Å². The Hall–Kier alpha value is -0.740. The number of rotatable bonds is 2. The van der Waals surface area contributed by atoms with E-state index in [0.29, 0.717) is 0 Å². The molecule has 0 N–H and O–H groups in total. The van der Waals surface area contributed by atoms with Gasteiger partial charge in [-0.2, -0.15) is 0 Å². The molecule has 1 aromatic carbocycles. The Morgan fingerprint density at radius 3 is 2.40 bits per heavy atom. The SMILES string of the molecule is Brc1ccc(Cc2cc(Br)ncn2)cc1. The van der Waals surface area contributed by atoms with Crippen molar-refractivity contribution in [1.29, 1.82) is 0 Å². The Balaban J connectivity index is 2.18. The zero-order valence-corrected chi connectivity index (χ0v) is 11.0.